The fourth-order valence-electron chi connectivity index (χ4n) is 1.74. The van der Waals surface area contributed by atoms with E-state index < -0.39 is 5.92 Å². The Hall–Kier alpha value is -0.710. The fourth-order valence-corrected chi connectivity index (χ4v) is 2.17. The van der Waals surface area contributed by atoms with Crippen LogP contribution in [0.25, 0.3) is 0 Å². The normalized spacial score (nSPS) is 19.5. The number of halogens is 3. The number of pyridine rings is 1. The third-order valence-electron chi connectivity index (χ3n) is 2.48. The smallest absolute Gasteiger partial charge is 0.266 e. The molecule has 0 saturated carbocycles. The second-order valence-electron chi connectivity index (χ2n) is 3.65. The molecule has 0 bridgehead atoms. The maximum absolute atomic E-state index is 13.0. The van der Waals surface area contributed by atoms with Crippen molar-refractivity contribution >= 4 is 21.7 Å². The summed E-state index contributed by atoms with van der Waals surface area (Å²) in [6.07, 6.45) is 1.56. The zero-order chi connectivity index (χ0) is 10.9. The molecule has 0 radical (unpaired) electrons. The highest BCUT2D eigenvalue weighted by molar-refractivity contribution is 9.08. The quantitative estimate of drug-likeness (QED) is 0.773. The summed E-state index contributed by atoms with van der Waals surface area (Å²) in [5.41, 5.74) is 0.954. The Morgan fingerprint density at radius 1 is 1.53 bits per heavy atom. The minimum atomic E-state index is -2.57. The monoisotopic (exact) mass is 276 g/mol. The van der Waals surface area contributed by atoms with Gasteiger partial charge in [-0.25, -0.2) is 13.8 Å². The molecule has 0 amide bonds. The lowest BCUT2D eigenvalue weighted by Gasteiger charge is -2.19. The van der Waals surface area contributed by atoms with Crippen LogP contribution < -0.4 is 4.90 Å². The van der Waals surface area contributed by atoms with Crippen LogP contribution in [0.4, 0.5) is 14.6 Å². The van der Waals surface area contributed by atoms with Crippen molar-refractivity contribution in [3.8, 4) is 0 Å². The molecule has 0 atom stereocenters. The van der Waals surface area contributed by atoms with Crippen LogP contribution in [0.2, 0.25) is 0 Å². The molecule has 2 nitrogen and oxygen atoms in total. The van der Waals surface area contributed by atoms with Crippen LogP contribution in [0.3, 0.4) is 0 Å². The van der Waals surface area contributed by atoms with E-state index in [1.165, 1.54) is 0 Å². The van der Waals surface area contributed by atoms with Crippen LogP contribution in [0.5, 0.6) is 0 Å². The van der Waals surface area contributed by atoms with Gasteiger partial charge in [0.05, 0.1) is 6.54 Å². The van der Waals surface area contributed by atoms with E-state index in [-0.39, 0.29) is 13.0 Å². The number of aromatic nitrogens is 1. The highest BCUT2D eigenvalue weighted by Gasteiger charge is 2.39. The average Bonchev–Trinajstić information content (AvgIpc) is 2.59. The SMILES string of the molecule is FC1(F)CCN(c2ncccc2CBr)C1. The van der Waals surface area contributed by atoms with Crippen molar-refractivity contribution in [2.24, 2.45) is 0 Å². The van der Waals surface area contributed by atoms with Gasteiger partial charge < -0.3 is 4.90 Å². The van der Waals surface area contributed by atoms with Gasteiger partial charge in [-0.05, 0) is 6.07 Å². The Balaban J connectivity index is 2.23. The second-order valence-corrected chi connectivity index (χ2v) is 4.21. The van der Waals surface area contributed by atoms with E-state index in [4.69, 9.17) is 0 Å². The van der Waals surface area contributed by atoms with Crippen LogP contribution in [-0.4, -0.2) is 24.0 Å². The average molecular weight is 277 g/mol. The summed E-state index contributed by atoms with van der Waals surface area (Å²) in [5.74, 6) is -1.90. The first-order valence-corrected chi connectivity index (χ1v) is 5.87. The lowest BCUT2D eigenvalue weighted by atomic mass is 10.3. The van der Waals surface area contributed by atoms with Crippen LogP contribution in [0, 0.1) is 0 Å². The Labute approximate surface area is 95.4 Å². The second kappa shape index (κ2) is 4.04. The minimum Gasteiger partial charge on any atom is -0.350 e. The van der Waals surface area contributed by atoms with Gasteiger partial charge >= 0.3 is 0 Å². The largest absolute Gasteiger partial charge is 0.350 e. The van der Waals surface area contributed by atoms with Crippen LogP contribution in [0.15, 0.2) is 18.3 Å². The minimum absolute atomic E-state index is 0.0781. The number of alkyl halides is 3. The first-order chi connectivity index (χ1) is 7.12. The maximum atomic E-state index is 13.0. The molecule has 0 unspecified atom stereocenters. The zero-order valence-corrected chi connectivity index (χ0v) is 9.67. The van der Waals surface area contributed by atoms with Crippen molar-refractivity contribution < 1.29 is 8.78 Å². The van der Waals surface area contributed by atoms with Gasteiger partial charge in [0.15, 0.2) is 0 Å². The van der Waals surface area contributed by atoms with Gasteiger partial charge in [-0.2, -0.15) is 0 Å². The summed E-state index contributed by atoms with van der Waals surface area (Å²) in [7, 11) is 0. The number of anilines is 1. The van der Waals surface area contributed by atoms with Crippen molar-refractivity contribution in [1.29, 1.82) is 0 Å². The molecule has 1 fully saturated rings. The van der Waals surface area contributed by atoms with Gasteiger partial charge in [0.2, 0.25) is 0 Å². The van der Waals surface area contributed by atoms with E-state index in [0.717, 1.165) is 5.56 Å². The van der Waals surface area contributed by atoms with Gasteiger partial charge in [0.1, 0.15) is 5.82 Å². The van der Waals surface area contributed by atoms with E-state index >= 15 is 0 Å². The van der Waals surface area contributed by atoms with Crippen molar-refractivity contribution in [3.63, 3.8) is 0 Å². The molecule has 0 N–H and O–H groups in total. The summed E-state index contributed by atoms with van der Waals surface area (Å²) in [6.45, 7) is 0.161. The molecule has 15 heavy (non-hydrogen) atoms. The molecule has 82 valence electrons. The molecule has 1 aliphatic heterocycles. The molecule has 2 rings (SSSR count). The third-order valence-corrected chi connectivity index (χ3v) is 3.08. The first-order valence-electron chi connectivity index (χ1n) is 4.75. The lowest BCUT2D eigenvalue weighted by Crippen LogP contribution is -2.26. The van der Waals surface area contributed by atoms with E-state index in [2.05, 4.69) is 20.9 Å². The summed E-state index contributed by atoms with van der Waals surface area (Å²) in [4.78, 5) is 5.81. The molecule has 0 aromatic carbocycles. The molecule has 1 aromatic heterocycles. The summed E-state index contributed by atoms with van der Waals surface area (Å²) in [6, 6.07) is 3.71. The lowest BCUT2D eigenvalue weighted by molar-refractivity contribution is 0.0256. The third kappa shape index (κ3) is 2.27. The van der Waals surface area contributed by atoms with Gasteiger partial charge in [-0.15, -0.1) is 0 Å². The molecule has 2 heterocycles. The summed E-state index contributed by atoms with van der Waals surface area (Å²) >= 11 is 3.33. The topological polar surface area (TPSA) is 16.1 Å². The number of nitrogens with zero attached hydrogens (tertiary/aromatic N) is 2. The Kier molecular flexibility index (Phi) is 2.91. The van der Waals surface area contributed by atoms with E-state index in [1.807, 2.05) is 12.1 Å². The van der Waals surface area contributed by atoms with E-state index in [0.29, 0.717) is 17.7 Å². The van der Waals surface area contributed by atoms with Crippen molar-refractivity contribution in [3.05, 3.63) is 23.9 Å². The van der Waals surface area contributed by atoms with E-state index in [9.17, 15) is 8.78 Å². The van der Waals surface area contributed by atoms with Crippen LogP contribution in [-0.2, 0) is 5.33 Å². The predicted molar refractivity (Wildman–Crippen MR) is 58.6 cm³/mol. The summed E-state index contributed by atoms with van der Waals surface area (Å²) < 4.78 is 26.1. The Bertz CT molecular complexity index is 357. The zero-order valence-electron chi connectivity index (χ0n) is 8.09. The molecule has 0 aliphatic carbocycles. The van der Waals surface area contributed by atoms with Crippen molar-refractivity contribution in [2.45, 2.75) is 17.7 Å². The summed E-state index contributed by atoms with van der Waals surface area (Å²) in [5, 5.41) is 0.637. The number of hydrogen-bond acceptors (Lipinski definition) is 2. The molecular weight excluding hydrogens is 266 g/mol. The van der Waals surface area contributed by atoms with Crippen molar-refractivity contribution in [1.82, 2.24) is 4.98 Å². The highest BCUT2D eigenvalue weighted by atomic mass is 79.9. The van der Waals surface area contributed by atoms with Crippen LogP contribution >= 0.6 is 15.9 Å². The maximum Gasteiger partial charge on any atom is 0.266 e. The Morgan fingerprint density at radius 3 is 2.93 bits per heavy atom. The molecule has 5 heteroatoms. The standard InChI is InChI=1S/C10H11BrF2N2/c11-6-8-2-1-4-14-9(8)15-5-3-10(12,13)7-15/h1-2,4H,3,5-7H2. The highest BCUT2D eigenvalue weighted by Crippen LogP contribution is 2.31. The van der Waals surface area contributed by atoms with Gasteiger partial charge in [-0.1, -0.05) is 22.0 Å². The molecule has 1 aliphatic rings. The van der Waals surface area contributed by atoms with Gasteiger partial charge in [0, 0.05) is 30.1 Å². The first kappa shape index (κ1) is 10.8. The number of hydrogen-bond donors (Lipinski definition) is 0. The fraction of sp³-hybridized carbons (Fsp3) is 0.500. The molecule has 1 saturated heterocycles. The van der Waals surface area contributed by atoms with Crippen LogP contribution in [0.1, 0.15) is 12.0 Å². The molecule has 0 spiro atoms. The number of rotatable bonds is 2. The predicted octanol–water partition coefficient (Wildman–Crippen LogP) is 2.82. The van der Waals surface area contributed by atoms with E-state index in [1.54, 1.807) is 11.1 Å². The van der Waals surface area contributed by atoms with Crippen molar-refractivity contribution in [2.75, 3.05) is 18.0 Å². The molecular formula is C10H11BrF2N2. The van der Waals surface area contributed by atoms with Gasteiger partial charge in [-0.3, -0.25) is 0 Å². The van der Waals surface area contributed by atoms with Gasteiger partial charge in [0.25, 0.3) is 5.92 Å². The Morgan fingerprint density at radius 2 is 2.33 bits per heavy atom. The molecule has 1 aromatic rings.